The van der Waals surface area contributed by atoms with Crippen LogP contribution in [0.2, 0.25) is 5.02 Å². The molecule has 0 amide bonds. The number of thioether (sulfide) groups is 1. The van der Waals surface area contributed by atoms with E-state index in [2.05, 4.69) is 4.98 Å². The number of benzene rings is 1. The lowest BCUT2D eigenvalue weighted by atomic mass is 10.3. The van der Waals surface area contributed by atoms with Crippen molar-refractivity contribution in [3.05, 3.63) is 27.3 Å². The van der Waals surface area contributed by atoms with Gasteiger partial charge >= 0.3 is 5.69 Å². The molecule has 1 aromatic carbocycles. The molecule has 0 spiro atoms. The Morgan fingerprint density at radius 2 is 2.33 bits per heavy atom. The van der Waals surface area contributed by atoms with E-state index in [1.54, 1.807) is 6.26 Å². The highest BCUT2D eigenvalue weighted by Gasteiger charge is 2.19. The molecule has 1 heterocycles. The first-order valence-corrected chi connectivity index (χ1v) is 5.50. The average molecular weight is 245 g/mol. The SMILES string of the molecule is CSc1nc2cc(Cl)cc([N+](=O)[O-])c2o1. The molecule has 0 aliphatic carbocycles. The maximum atomic E-state index is 10.7. The van der Waals surface area contributed by atoms with Crippen molar-refractivity contribution in [1.29, 1.82) is 0 Å². The summed E-state index contributed by atoms with van der Waals surface area (Å²) in [5.74, 6) is 0. The average Bonchev–Trinajstić information content (AvgIpc) is 2.58. The number of oxazole rings is 1. The number of hydrogen-bond acceptors (Lipinski definition) is 5. The maximum Gasteiger partial charge on any atom is 0.315 e. The second kappa shape index (κ2) is 3.71. The standard InChI is InChI=1S/C8H5ClN2O3S/c1-15-8-10-5-2-4(9)3-6(11(12)13)7(5)14-8/h2-3H,1H3. The molecule has 7 heteroatoms. The molecule has 2 rings (SSSR count). The molecule has 0 N–H and O–H groups in total. The van der Waals surface area contributed by atoms with Crippen LogP contribution in [0.25, 0.3) is 11.1 Å². The molecule has 78 valence electrons. The zero-order valence-corrected chi connectivity index (χ0v) is 9.13. The van der Waals surface area contributed by atoms with Gasteiger partial charge in [-0.2, -0.15) is 0 Å². The molecule has 1 aromatic heterocycles. The van der Waals surface area contributed by atoms with Gasteiger partial charge in [-0.1, -0.05) is 23.4 Å². The van der Waals surface area contributed by atoms with E-state index in [1.165, 1.54) is 23.9 Å². The fourth-order valence-electron chi connectivity index (χ4n) is 1.18. The molecule has 2 aromatic rings. The van der Waals surface area contributed by atoms with Gasteiger partial charge in [0.1, 0.15) is 5.52 Å². The third-order valence-electron chi connectivity index (χ3n) is 1.79. The van der Waals surface area contributed by atoms with Gasteiger partial charge in [0.2, 0.25) is 5.58 Å². The van der Waals surface area contributed by atoms with Crippen molar-refractivity contribution >= 4 is 40.1 Å². The Morgan fingerprint density at radius 1 is 1.60 bits per heavy atom. The van der Waals surface area contributed by atoms with Crippen LogP contribution in [-0.2, 0) is 0 Å². The largest absolute Gasteiger partial charge is 0.424 e. The Hall–Kier alpha value is -1.27. The van der Waals surface area contributed by atoms with Crippen LogP contribution in [0.5, 0.6) is 0 Å². The van der Waals surface area contributed by atoms with E-state index in [0.29, 0.717) is 10.7 Å². The summed E-state index contributed by atoms with van der Waals surface area (Å²) in [7, 11) is 0. The molecule has 0 unspecified atom stereocenters. The number of fused-ring (bicyclic) bond motifs is 1. The van der Waals surface area contributed by atoms with Crippen molar-refractivity contribution in [3.8, 4) is 0 Å². The molecule has 0 aliphatic heterocycles. The number of rotatable bonds is 2. The van der Waals surface area contributed by atoms with Crippen molar-refractivity contribution in [2.24, 2.45) is 0 Å². The predicted molar refractivity (Wildman–Crippen MR) is 57.5 cm³/mol. The highest BCUT2D eigenvalue weighted by molar-refractivity contribution is 7.98. The minimum Gasteiger partial charge on any atom is -0.424 e. The number of non-ortho nitro benzene ring substituents is 1. The maximum absolute atomic E-state index is 10.7. The third kappa shape index (κ3) is 1.78. The number of aromatic nitrogens is 1. The van der Waals surface area contributed by atoms with Crippen LogP contribution in [0.1, 0.15) is 0 Å². The van der Waals surface area contributed by atoms with Gasteiger partial charge in [0.15, 0.2) is 0 Å². The molecule has 0 aliphatic rings. The van der Waals surface area contributed by atoms with Crippen molar-refractivity contribution in [2.45, 2.75) is 5.22 Å². The van der Waals surface area contributed by atoms with Gasteiger partial charge in [0, 0.05) is 11.1 Å². The lowest BCUT2D eigenvalue weighted by Crippen LogP contribution is -1.88. The summed E-state index contributed by atoms with van der Waals surface area (Å²) in [5.41, 5.74) is 0.401. The number of halogens is 1. The Kier molecular flexibility index (Phi) is 2.54. The summed E-state index contributed by atoms with van der Waals surface area (Å²) < 4.78 is 5.22. The Labute approximate surface area is 93.6 Å². The van der Waals surface area contributed by atoms with E-state index in [-0.39, 0.29) is 16.3 Å². The van der Waals surface area contributed by atoms with Crippen LogP contribution < -0.4 is 0 Å². The van der Waals surface area contributed by atoms with E-state index in [9.17, 15) is 10.1 Å². The third-order valence-corrected chi connectivity index (χ3v) is 2.53. The van der Waals surface area contributed by atoms with Crippen molar-refractivity contribution < 1.29 is 9.34 Å². The van der Waals surface area contributed by atoms with E-state index >= 15 is 0 Å². The predicted octanol–water partition coefficient (Wildman–Crippen LogP) is 3.11. The van der Waals surface area contributed by atoms with E-state index in [4.69, 9.17) is 16.0 Å². The van der Waals surface area contributed by atoms with Gasteiger partial charge in [0.05, 0.1) is 4.92 Å². The van der Waals surface area contributed by atoms with Gasteiger partial charge in [-0.05, 0) is 12.3 Å². The molecule has 0 fully saturated rings. The van der Waals surface area contributed by atoms with Crippen LogP contribution in [0.4, 0.5) is 5.69 Å². The molecule has 0 bridgehead atoms. The first-order chi connectivity index (χ1) is 7.11. The Morgan fingerprint density at radius 3 is 2.93 bits per heavy atom. The van der Waals surface area contributed by atoms with Crippen LogP contribution >= 0.6 is 23.4 Å². The van der Waals surface area contributed by atoms with Gasteiger partial charge in [-0.15, -0.1) is 0 Å². The molecule has 0 atom stereocenters. The quantitative estimate of drug-likeness (QED) is 0.461. The van der Waals surface area contributed by atoms with E-state index < -0.39 is 4.92 Å². The lowest BCUT2D eigenvalue weighted by Gasteiger charge is -1.92. The van der Waals surface area contributed by atoms with Gasteiger partial charge in [0.25, 0.3) is 5.22 Å². The zero-order chi connectivity index (χ0) is 11.0. The summed E-state index contributed by atoms with van der Waals surface area (Å²) in [4.78, 5) is 14.2. The molecule has 5 nitrogen and oxygen atoms in total. The summed E-state index contributed by atoms with van der Waals surface area (Å²) >= 11 is 7.00. The summed E-state index contributed by atoms with van der Waals surface area (Å²) in [6, 6.07) is 2.78. The minimum absolute atomic E-state index is 0.161. The van der Waals surface area contributed by atoms with Gasteiger partial charge < -0.3 is 4.42 Å². The smallest absolute Gasteiger partial charge is 0.315 e. The fourth-order valence-corrected chi connectivity index (χ4v) is 1.75. The molecular weight excluding hydrogens is 240 g/mol. The first kappa shape index (κ1) is 10.3. The molecule has 0 radical (unpaired) electrons. The van der Waals surface area contributed by atoms with Crippen molar-refractivity contribution in [2.75, 3.05) is 6.26 Å². The van der Waals surface area contributed by atoms with Crippen LogP contribution in [0.3, 0.4) is 0 Å². The van der Waals surface area contributed by atoms with Crippen molar-refractivity contribution in [1.82, 2.24) is 4.98 Å². The summed E-state index contributed by atoms with van der Waals surface area (Å²) in [5, 5.41) is 11.4. The highest BCUT2D eigenvalue weighted by atomic mass is 35.5. The molecule has 15 heavy (non-hydrogen) atoms. The normalized spacial score (nSPS) is 10.8. The highest BCUT2D eigenvalue weighted by Crippen LogP contribution is 2.32. The molecular formula is C8H5ClN2O3S. The summed E-state index contributed by atoms with van der Waals surface area (Å²) in [6.45, 7) is 0. The van der Waals surface area contributed by atoms with Crippen molar-refractivity contribution in [3.63, 3.8) is 0 Å². The second-order valence-electron chi connectivity index (χ2n) is 2.71. The number of nitro benzene ring substituents is 1. The lowest BCUT2D eigenvalue weighted by molar-refractivity contribution is -0.383. The van der Waals surface area contributed by atoms with Gasteiger partial charge in [-0.25, -0.2) is 4.98 Å². The minimum atomic E-state index is -0.538. The van der Waals surface area contributed by atoms with Gasteiger partial charge in [-0.3, -0.25) is 10.1 Å². The first-order valence-electron chi connectivity index (χ1n) is 3.90. The topological polar surface area (TPSA) is 69.2 Å². The molecule has 0 saturated carbocycles. The summed E-state index contributed by atoms with van der Waals surface area (Å²) in [6.07, 6.45) is 1.78. The number of hydrogen-bond donors (Lipinski definition) is 0. The molecule has 0 saturated heterocycles. The number of nitro groups is 1. The fraction of sp³-hybridized carbons (Fsp3) is 0.125. The van der Waals surface area contributed by atoms with Crippen LogP contribution in [0.15, 0.2) is 21.8 Å². The zero-order valence-electron chi connectivity index (χ0n) is 7.56. The number of nitrogens with zero attached hydrogens (tertiary/aromatic N) is 2. The Bertz CT molecular complexity index is 540. The van der Waals surface area contributed by atoms with E-state index in [0.717, 1.165) is 0 Å². The Balaban J connectivity index is 2.77. The monoisotopic (exact) mass is 244 g/mol. The van der Waals surface area contributed by atoms with E-state index in [1.807, 2.05) is 0 Å². The van der Waals surface area contributed by atoms with Crippen LogP contribution in [-0.4, -0.2) is 16.2 Å². The van der Waals surface area contributed by atoms with Crippen LogP contribution in [0, 0.1) is 10.1 Å². The second-order valence-corrected chi connectivity index (χ2v) is 3.91.